The van der Waals surface area contributed by atoms with Gasteiger partial charge >= 0.3 is 5.97 Å². The average Bonchev–Trinajstić information content (AvgIpc) is 2.78. The zero-order valence-corrected chi connectivity index (χ0v) is 17.6. The molecule has 1 N–H and O–H groups in total. The molecule has 30 heavy (non-hydrogen) atoms. The number of amides is 1. The van der Waals surface area contributed by atoms with Crippen LogP contribution in [0.4, 0.5) is 5.69 Å². The Balaban J connectivity index is 1.31. The summed E-state index contributed by atoms with van der Waals surface area (Å²) in [5, 5.41) is 2.87. The number of nitrogens with zero attached hydrogens (tertiary/aromatic N) is 1. The molecule has 4 rings (SSSR count). The first-order valence-corrected chi connectivity index (χ1v) is 11.0. The minimum Gasteiger partial charge on any atom is -0.462 e. The number of carbonyl (C=O) groups is 2. The molecule has 2 unspecified atom stereocenters. The van der Waals surface area contributed by atoms with Crippen molar-refractivity contribution in [2.45, 2.75) is 45.1 Å². The number of piperidine rings is 2. The molecule has 2 fully saturated rings. The number of esters is 1. The zero-order chi connectivity index (χ0) is 20.9. The average molecular weight is 407 g/mol. The van der Waals surface area contributed by atoms with Gasteiger partial charge in [-0.2, -0.15) is 0 Å². The Morgan fingerprint density at radius 1 is 1.00 bits per heavy atom. The summed E-state index contributed by atoms with van der Waals surface area (Å²) >= 11 is 0. The lowest BCUT2D eigenvalue weighted by Crippen LogP contribution is -2.49. The van der Waals surface area contributed by atoms with Crippen LogP contribution in [-0.4, -0.2) is 42.5 Å². The summed E-state index contributed by atoms with van der Waals surface area (Å²) in [7, 11) is 0. The van der Waals surface area contributed by atoms with E-state index in [1.807, 2.05) is 25.1 Å². The number of ether oxygens (including phenoxy) is 1. The maximum absolute atomic E-state index is 12.5. The Morgan fingerprint density at radius 3 is 2.60 bits per heavy atom. The molecule has 2 aromatic rings. The molecule has 0 radical (unpaired) electrons. The van der Waals surface area contributed by atoms with Crippen LogP contribution in [0.2, 0.25) is 0 Å². The molecular formula is C25H30N2O3. The first-order valence-electron chi connectivity index (χ1n) is 11.0. The van der Waals surface area contributed by atoms with Gasteiger partial charge in [0.05, 0.1) is 12.2 Å². The van der Waals surface area contributed by atoms with Crippen LogP contribution in [0.25, 0.3) is 0 Å². The predicted molar refractivity (Wildman–Crippen MR) is 118 cm³/mol. The molecule has 2 heterocycles. The lowest BCUT2D eigenvalue weighted by molar-refractivity contribution is 0.00739. The van der Waals surface area contributed by atoms with Crippen LogP contribution < -0.4 is 5.32 Å². The van der Waals surface area contributed by atoms with Crippen molar-refractivity contribution in [3.63, 3.8) is 0 Å². The summed E-state index contributed by atoms with van der Waals surface area (Å²) < 4.78 is 5.67. The van der Waals surface area contributed by atoms with E-state index < -0.39 is 0 Å². The molecule has 2 aromatic carbocycles. The molecule has 5 heteroatoms. The topological polar surface area (TPSA) is 58.6 Å². The van der Waals surface area contributed by atoms with Gasteiger partial charge in [0.25, 0.3) is 5.91 Å². The zero-order valence-electron chi connectivity index (χ0n) is 17.6. The third kappa shape index (κ3) is 4.90. The van der Waals surface area contributed by atoms with Gasteiger partial charge in [0.15, 0.2) is 0 Å². The second-order valence-electron chi connectivity index (χ2n) is 8.50. The van der Waals surface area contributed by atoms with Crippen molar-refractivity contribution >= 4 is 17.6 Å². The molecular weight excluding hydrogens is 376 g/mol. The van der Waals surface area contributed by atoms with E-state index in [9.17, 15) is 9.59 Å². The monoisotopic (exact) mass is 406 g/mol. The number of rotatable bonds is 5. The van der Waals surface area contributed by atoms with E-state index in [0.29, 0.717) is 35.4 Å². The number of aryl methyl sites for hydroxylation is 1. The Morgan fingerprint density at radius 2 is 1.80 bits per heavy atom. The van der Waals surface area contributed by atoms with Gasteiger partial charge in [0, 0.05) is 23.2 Å². The van der Waals surface area contributed by atoms with Gasteiger partial charge in [0.2, 0.25) is 0 Å². The van der Waals surface area contributed by atoms with Crippen molar-refractivity contribution < 1.29 is 14.3 Å². The minimum atomic E-state index is -0.292. The van der Waals surface area contributed by atoms with Gasteiger partial charge in [-0.25, -0.2) is 4.79 Å². The largest absolute Gasteiger partial charge is 0.462 e. The molecule has 0 bridgehead atoms. The van der Waals surface area contributed by atoms with Crippen molar-refractivity contribution in [1.82, 2.24) is 4.90 Å². The molecule has 2 saturated heterocycles. The fraction of sp³-hybridized carbons (Fsp3) is 0.440. The molecule has 2 aliphatic rings. The van der Waals surface area contributed by atoms with Crippen molar-refractivity contribution in [3.05, 3.63) is 65.2 Å². The molecule has 5 nitrogen and oxygen atoms in total. The SMILES string of the molecule is Cc1cccc(C(=O)Nc2ccc(C(=O)OCC3CCCN4CCCCC34)cc2)c1. The lowest BCUT2D eigenvalue weighted by Gasteiger charge is -2.44. The smallest absolute Gasteiger partial charge is 0.338 e. The van der Waals surface area contributed by atoms with E-state index in [2.05, 4.69) is 10.2 Å². The van der Waals surface area contributed by atoms with Crippen LogP contribution in [0.5, 0.6) is 0 Å². The highest BCUT2D eigenvalue weighted by Gasteiger charge is 2.33. The number of benzene rings is 2. The molecule has 0 spiro atoms. The Kier molecular flexibility index (Phi) is 6.48. The number of hydrogen-bond donors (Lipinski definition) is 1. The molecule has 2 atom stereocenters. The standard InChI is InChI=1S/C25H30N2O3/c1-18-6-4-7-20(16-18)24(28)26-22-12-10-19(11-13-22)25(29)30-17-21-8-5-15-27-14-3-2-9-23(21)27/h4,6-7,10-13,16,21,23H,2-3,5,8-9,14-15,17H2,1H3,(H,26,28). The third-order valence-electron chi connectivity index (χ3n) is 6.32. The summed E-state index contributed by atoms with van der Waals surface area (Å²) in [5.41, 5.74) is 2.82. The van der Waals surface area contributed by atoms with Crippen molar-refractivity contribution in [2.75, 3.05) is 25.0 Å². The highest BCUT2D eigenvalue weighted by Crippen LogP contribution is 2.31. The summed E-state index contributed by atoms with van der Waals surface area (Å²) in [6, 6.07) is 14.9. The fourth-order valence-electron chi connectivity index (χ4n) is 4.72. The predicted octanol–water partition coefficient (Wildman–Crippen LogP) is 4.67. The van der Waals surface area contributed by atoms with E-state index in [1.165, 1.54) is 38.8 Å². The van der Waals surface area contributed by atoms with Gasteiger partial charge in [-0.1, -0.05) is 24.1 Å². The highest BCUT2D eigenvalue weighted by molar-refractivity contribution is 6.04. The van der Waals surface area contributed by atoms with Crippen LogP contribution in [0.15, 0.2) is 48.5 Å². The molecule has 2 aliphatic heterocycles. The van der Waals surface area contributed by atoms with Crippen LogP contribution in [-0.2, 0) is 4.74 Å². The van der Waals surface area contributed by atoms with Gasteiger partial charge < -0.3 is 10.1 Å². The maximum atomic E-state index is 12.5. The highest BCUT2D eigenvalue weighted by atomic mass is 16.5. The van der Waals surface area contributed by atoms with Crippen LogP contribution in [0.3, 0.4) is 0 Å². The van der Waals surface area contributed by atoms with Crippen molar-refractivity contribution in [2.24, 2.45) is 5.92 Å². The Bertz CT molecular complexity index is 892. The quantitative estimate of drug-likeness (QED) is 0.733. The minimum absolute atomic E-state index is 0.164. The van der Waals surface area contributed by atoms with E-state index in [-0.39, 0.29) is 11.9 Å². The van der Waals surface area contributed by atoms with Crippen LogP contribution >= 0.6 is 0 Å². The van der Waals surface area contributed by atoms with Gasteiger partial charge in [-0.3, -0.25) is 9.69 Å². The summed E-state index contributed by atoms with van der Waals surface area (Å²) in [5.74, 6) is -0.0151. The van der Waals surface area contributed by atoms with Gasteiger partial charge in [0.1, 0.15) is 0 Å². The molecule has 0 saturated carbocycles. The van der Waals surface area contributed by atoms with E-state index in [1.54, 1.807) is 30.3 Å². The molecule has 0 aliphatic carbocycles. The first-order chi connectivity index (χ1) is 14.6. The van der Waals surface area contributed by atoms with E-state index in [4.69, 9.17) is 4.74 Å². The number of anilines is 1. The third-order valence-corrected chi connectivity index (χ3v) is 6.32. The number of nitrogens with one attached hydrogen (secondary N) is 1. The summed E-state index contributed by atoms with van der Waals surface area (Å²) in [4.78, 5) is 27.5. The first kappa shape index (κ1) is 20.6. The number of hydrogen-bond acceptors (Lipinski definition) is 4. The van der Waals surface area contributed by atoms with Crippen molar-refractivity contribution in [1.29, 1.82) is 0 Å². The number of carbonyl (C=O) groups excluding carboxylic acids is 2. The van der Waals surface area contributed by atoms with Gasteiger partial charge in [-0.05, 0) is 82.1 Å². The van der Waals surface area contributed by atoms with Crippen LogP contribution in [0.1, 0.15) is 58.4 Å². The second-order valence-corrected chi connectivity index (χ2v) is 8.50. The second kappa shape index (κ2) is 9.43. The Hall–Kier alpha value is -2.66. The fourth-order valence-corrected chi connectivity index (χ4v) is 4.72. The summed E-state index contributed by atoms with van der Waals surface area (Å²) in [6.45, 7) is 4.82. The molecule has 0 aromatic heterocycles. The Labute approximate surface area is 178 Å². The maximum Gasteiger partial charge on any atom is 0.338 e. The van der Waals surface area contributed by atoms with E-state index in [0.717, 1.165) is 12.0 Å². The molecule has 158 valence electrons. The van der Waals surface area contributed by atoms with Gasteiger partial charge in [-0.15, -0.1) is 0 Å². The summed E-state index contributed by atoms with van der Waals surface area (Å²) in [6.07, 6.45) is 6.11. The molecule has 1 amide bonds. The van der Waals surface area contributed by atoms with Crippen molar-refractivity contribution in [3.8, 4) is 0 Å². The normalized spacial score (nSPS) is 21.5. The lowest BCUT2D eigenvalue weighted by atomic mass is 9.84. The number of fused-ring (bicyclic) bond motifs is 1. The van der Waals surface area contributed by atoms with E-state index >= 15 is 0 Å². The van der Waals surface area contributed by atoms with Crippen LogP contribution in [0, 0.1) is 12.8 Å².